The molecule has 1 atom stereocenters. The molecule has 1 rings (SSSR count). The van der Waals surface area contributed by atoms with Crippen LogP contribution in [0.25, 0.3) is 0 Å². The Kier molecular flexibility index (Phi) is 7.26. The number of hydrogen-bond donors (Lipinski definition) is 1. The van der Waals surface area contributed by atoms with E-state index in [1.165, 1.54) is 16.7 Å². The molecule has 2 N–H and O–H groups in total. The first-order chi connectivity index (χ1) is 8.70. The molecule has 7 heteroatoms. The number of carbonyl (C=O) groups excluding carboxylic acids is 2. The molecular weight excluding hydrogens is 256 g/mol. The Bertz CT molecular complexity index is 288. The van der Waals surface area contributed by atoms with E-state index in [1.807, 2.05) is 6.26 Å². The normalized spacial score (nSPS) is 19.9. The van der Waals surface area contributed by atoms with Crippen molar-refractivity contribution in [2.24, 2.45) is 5.73 Å². The fourth-order valence-electron chi connectivity index (χ4n) is 1.63. The standard InChI is InChI=1S/C11H20N2O4S/c1-18-9-8-10(14)13(11(9)15)3-5-17-7-6-16-4-2-12/h9H,2-8,12H2,1H3. The fourth-order valence-corrected chi connectivity index (χ4v) is 2.27. The van der Waals surface area contributed by atoms with Crippen molar-refractivity contribution in [3.63, 3.8) is 0 Å². The summed E-state index contributed by atoms with van der Waals surface area (Å²) in [7, 11) is 0. The van der Waals surface area contributed by atoms with E-state index in [9.17, 15) is 9.59 Å². The first kappa shape index (κ1) is 15.4. The highest BCUT2D eigenvalue weighted by molar-refractivity contribution is 8.00. The Balaban J connectivity index is 2.12. The van der Waals surface area contributed by atoms with Gasteiger partial charge in [-0.3, -0.25) is 14.5 Å². The average molecular weight is 276 g/mol. The molecular formula is C11H20N2O4S. The number of hydrogen-bond acceptors (Lipinski definition) is 6. The van der Waals surface area contributed by atoms with Crippen LogP contribution in [0, 0.1) is 0 Å². The molecule has 1 heterocycles. The first-order valence-corrected chi connectivity index (χ1v) is 7.22. The lowest BCUT2D eigenvalue weighted by Crippen LogP contribution is -2.34. The van der Waals surface area contributed by atoms with Crippen LogP contribution >= 0.6 is 11.8 Å². The highest BCUT2D eigenvalue weighted by atomic mass is 32.2. The van der Waals surface area contributed by atoms with Crippen LogP contribution in [0.2, 0.25) is 0 Å². The van der Waals surface area contributed by atoms with Crippen molar-refractivity contribution >= 4 is 23.6 Å². The largest absolute Gasteiger partial charge is 0.378 e. The van der Waals surface area contributed by atoms with Gasteiger partial charge in [0.2, 0.25) is 11.8 Å². The van der Waals surface area contributed by atoms with Crippen molar-refractivity contribution in [1.82, 2.24) is 4.90 Å². The third kappa shape index (κ3) is 4.56. The van der Waals surface area contributed by atoms with Crippen molar-refractivity contribution in [3.8, 4) is 0 Å². The molecule has 0 aromatic carbocycles. The minimum atomic E-state index is -0.217. The lowest BCUT2D eigenvalue weighted by atomic mass is 10.4. The van der Waals surface area contributed by atoms with Crippen molar-refractivity contribution < 1.29 is 19.1 Å². The van der Waals surface area contributed by atoms with Gasteiger partial charge in [-0.2, -0.15) is 11.8 Å². The zero-order chi connectivity index (χ0) is 13.4. The van der Waals surface area contributed by atoms with Crippen molar-refractivity contribution in [1.29, 1.82) is 0 Å². The molecule has 18 heavy (non-hydrogen) atoms. The Labute approximate surface area is 111 Å². The van der Waals surface area contributed by atoms with Gasteiger partial charge >= 0.3 is 0 Å². The number of carbonyl (C=O) groups is 2. The van der Waals surface area contributed by atoms with Gasteiger partial charge in [0.1, 0.15) is 0 Å². The van der Waals surface area contributed by atoms with Gasteiger partial charge in [-0.1, -0.05) is 0 Å². The summed E-state index contributed by atoms with van der Waals surface area (Å²) in [5.74, 6) is -0.210. The van der Waals surface area contributed by atoms with Crippen LogP contribution in [0.1, 0.15) is 6.42 Å². The van der Waals surface area contributed by atoms with Crippen molar-refractivity contribution in [2.45, 2.75) is 11.7 Å². The van der Waals surface area contributed by atoms with E-state index in [0.29, 0.717) is 45.9 Å². The molecule has 0 aromatic rings. The first-order valence-electron chi connectivity index (χ1n) is 5.93. The van der Waals surface area contributed by atoms with E-state index in [0.717, 1.165) is 0 Å². The maximum absolute atomic E-state index is 11.7. The number of amides is 2. The molecule has 1 aliphatic rings. The number of ether oxygens (including phenoxy) is 2. The summed E-state index contributed by atoms with van der Waals surface area (Å²) < 4.78 is 10.4. The van der Waals surface area contributed by atoms with Crippen LogP contribution in [0.3, 0.4) is 0 Å². The highest BCUT2D eigenvalue weighted by Crippen LogP contribution is 2.22. The van der Waals surface area contributed by atoms with Gasteiger partial charge in [0.15, 0.2) is 0 Å². The molecule has 0 aliphatic carbocycles. The zero-order valence-corrected chi connectivity index (χ0v) is 11.4. The monoisotopic (exact) mass is 276 g/mol. The topological polar surface area (TPSA) is 81.9 Å². The Hall–Kier alpha value is -0.630. The van der Waals surface area contributed by atoms with E-state index < -0.39 is 0 Å². The van der Waals surface area contributed by atoms with Crippen LogP contribution < -0.4 is 5.73 Å². The molecule has 1 saturated heterocycles. The maximum Gasteiger partial charge on any atom is 0.242 e. The molecule has 0 bridgehead atoms. The summed E-state index contributed by atoms with van der Waals surface area (Å²) in [4.78, 5) is 24.6. The molecule has 0 spiro atoms. The van der Waals surface area contributed by atoms with Crippen molar-refractivity contribution in [3.05, 3.63) is 0 Å². The van der Waals surface area contributed by atoms with Crippen LogP contribution in [0.5, 0.6) is 0 Å². The fraction of sp³-hybridized carbons (Fsp3) is 0.818. The smallest absolute Gasteiger partial charge is 0.242 e. The number of nitrogens with zero attached hydrogens (tertiary/aromatic N) is 1. The molecule has 1 unspecified atom stereocenters. The van der Waals surface area contributed by atoms with Crippen LogP contribution in [-0.4, -0.2) is 67.7 Å². The van der Waals surface area contributed by atoms with Crippen LogP contribution in [0.15, 0.2) is 0 Å². The third-order valence-corrected chi connectivity index (χ3v) is 3.52. The SMILES string of the molecule is CSC1CC(=O)N(CCOCCOCCN)C1=O. The minimum absolute atomic E-state index is 0.101. The van der Waals surface area contributed by atoms with Gasteiger partial charge in [-0.15, -0.1) is 0 Å². The third-order valence-electron chi connectivity index (χ3n) is 2.58. The van der Waals surface area contributed by atoms with E-state index in [-0.39, 0.29) is 17.1 Å². The lowest BCUT2D eigenvalue weighted by Gasteiger charge is -2.14. The molecule has 0 aromatic heterocycles. The van der Waals surface area contributed by atoms with E-state index >= 15 is 0 Å². The van der Waals surface area contributed by atoms with Gasteiger partial charge in [-0.25, -0.2) is 0 Å². The Morgan fingerprint density at radius 2 is 1.94 bits per heavy atom. The second-order valence-corrected chi connectivity index (χ2v) is 4.87. The number of rotatable bonds is 9. The molecule has 2 amide bonds. The summed E-state index contributed by atoms with van der Waals surface area (Å²) in [6.45, 7) is 2.61. The predicted octanol–water partition coefficient (Wildman–Crippen LogP) is -0.531. The quantitative estimate of drug-likeness (QED) is 0.450. The van der Waals surface area contributed by atoms with Crippen LogP contribution in [0.4, 0.5) is 0 Å². The van der Waals surface area contributed by atoms with Crippen LogP contribution in [-0.2, 0) is 19.1 Å². The lowest BCUT2D eigenvalue weighted by molar-refractivity contribution is -0.139. The highest BCUT2D eigenvalue weighted by Gasteiger charge is 2.37. The number of thioether (sulfide) groups is 1. The Morgan fingerprint density at radius 1 is 1.28 bits per heavy atom. The number of likely N-dealkylation sites (tertiary alicyclic amines) is 1. The van der Waals surface area contributed by atoms with E-state index in [2.05, 4.69) is 0 Å². The molecule has 104 valence electrons. The average Bonchev–Trinajstić information content (AvgIpc) is 2.64. The molecule has 1 fully saturated rings. The summed E-state index contributed by atoms with van der Waals surface area (Å²) in [5.41, 5.74) is 5.26. The summed E-state index contributed by atoms with van der Waals surface area (Å²) >= 11 is 1.42. The second-order valence-electron chi connectivity index (χ2n) is 3.83. The Morgan fingerprint density at radius 3 is 2.50 bits per heavy atom. The van der Waals surface area contributed by atoms with E-state index in [4.69, 9.17) is 15.2 Å². The molecule has 0 saturated carbocycles. The number of imide groups is 1. The predicted molar refractivity (Wildman–Crippen MR) is 69.3 cm³/mol. The summed E-state index contributed by atoms with van der Waals surface area (Å²) in [5, 5.41) is -0.217. The van der Waals surface area contributed by atoms with Gasteiger partial charge in [-0.05, 0) is 6.26 Å². The molecule has 0 radical (unpaired) electrons. The minimum Gasteiger partial charge on any atom is -0.378 e. The second kappa shape index (κ2) is 8.47. The van der Waals surface area contributed by atoms with E-state index in [1.54, 1.807) is 0 Å². The molecule has 6 nitrogen and oxygen atoms in total. The summed E-state index contributed by atoms with van der Waals surface area (Å²) in [6, 6.07) is 0. The number of nitrogens with two attached hydrogens (primary N) is 1. The maximum atomic E-state index is 11.7. The van der Waals surface area contributed by atoms with Gasteiger partial charge in [0, 0.05) is 13.0 Å². The van der Waals surface area contributed by atoms with Crippen molar-refractivity contribution in [2.75, 3.05) is 45.8 Å². The van der Waals surface area contributed by atoms with Gasteiger partial charge in [0.25, 0.3) is 0 Å². The summed E-state index contributed by atoms with van der Waals surface area (Å²) in [6.07, 6.45) is 2.14. The zero-order valence-electron chi connectivity index (χ0n) is 10.6. The van der Waals surface area contributed by atoms with Gasteiger partial charge < -0.3 is 15.2 Å². The van der Waals surface area contributed by atoms with Gasteiger partial charge in [0.05, 0.1) is 38.2 Å². The molecule has 1 aliphatic heterocycles.